The predicted octanol–water partition coefficient (Wildman–Crippen LogP) is -2.52. The van der Waals surface area contributed by atoms with Crippen LogP contribution >= 0.6 is 0 Å². The van der Waals surface area contributed by atoms with Gasteiger partial charge in [-0.05, 0) is 12.8 Å². The molecule has 13 nitrogen and oxygen atoms in total. The van der Waals surface area contributed by atoms with Crippen molar-refractivity contribution < 1.29 is 44.1 Å². The van der Waals surface area contributed by atoms with E-state index < -0.39 is 78.6 Å². The molecule has 0 aromatic carbocycles. The lowest BCUT2D eigenvalue weighted by molar-refractivity contribution is -0.148. The minimum Gasteiger partial charge on any atom is -0.481 e. The molecule has 3 amide bonds. The molecule has 0 aromatic rings. The molecule has 0 aliphatic heterocycles. The quantitative estimate of drug-likeness (QED) is 0.176. The Bertz CT molecular complexity index is 663. The largest absolute Gasteiger partial charge is 0.481 e. The number of aliphatic carboxylic acids is 3. The van der Waals surface area contributed by atoms with E-state index in [4.69, 9.17) is 21.1 Å². The van der Waals surface area contributed by atoms with Crippen LogP contribution in [0.5, 0.6) is 0 Å². The zero-order valence-electron chi connectivity index (χ0n) is 16.2. The molecule has 4 atom stereocenters. The van der Waals surface area contributed by atoms with E-state index in [-0.39, 0.29) is 0 Å². The summed E-state index contributed by atoms with van der Waals surface area (Å²) in [5.74, 6) is -7.82. The van der Waals surface area contributed by atoms with Gasteiger partial charge >= 0.3 is 17.9 Å². The maximum atomic E-state index is 12.5. The van der Waals surface area contributed by atoms with Crippen LogP contribution < -0.4 is 21.7 Å². The molecular weight excluding hydrogens is 392 g/mol. The van der Waals surface area contributed by atoms with Crippen molar-refractivity contribution in [2.24, 2.45) is 11.7 Å². The van der Waals surface area contributed by atoms with Crippen molar-refractivity contribution in [1.29, 1.82) is 0 Å². The maximum Gasteiger partial charge on any atom is 0.326 e. The highest BCUT2D eigenvalue weighted by atomic mass is 16.4. The van der Waals surface area contributed by atoms with Gasteiger partial charge in [-0.25, -0.2) is 4.79 Å². The van der Waals surface area contributed by atoms with Crippen LogP contribution in [0.1, 0.15) is 33.6 Å². The van der Waals surface area contributed by atoms with Crippen molar-refractivity contribution in [2.75, 3.05) is 0 Å². The average Bonchev–Trinajstić information content (AvgIpc) is 2.56. The molecule has 29 heavy (non-hydrogen) atoms. The van der Waals surface area contributed by atoms with E-state index in [1.807, 2.05) is 5.32 Å². The van der Waals surface area contributed by atoms with Gasteiger partial charge in [0.15, 0.2) is 0 Å². The van der Waals surface area contributed by atoms with Gasteiger partial charge in [0.2, 0.25) is 17.7 Å². The van der Waals surface area contributed by atoms with Gasteiger partial charge in [-0.1, -0.05) is 13.8 Å². The molecule has 0 saturated carbocycles. The van der Waals surface area contributed by atoms with Gasteiger partial charge in [0.05, 0.1) is 18.9 Å². The third-order valence-electron chi connectivity index (χ3n) is 3.67. The van der Waals surface area contributed by atoms with Crippen molar-refractivity contribution >= 4 is 35.6 Å². The lowest BCUT2D eigenvalue weighted by Crippen LogP contribution is -2.58. The minimum atomic E-state index is -1.83. The van der Waals surface area contributed by atoms with E-state index in [2.05, 4.69) is 10.6 Å². The summed E-state index contributed by atoms with van der Waals surface area (Å²) in [5, 5.41) is 33.1. The predicted molar refractivity (Wildman–Crippen MR) is 96.4 cm³/mol. The minimum absolute atomic E-state index is 0.454. The second-order valence-electron chi connectivity index (χ2n) is 6.68. The zero-order valence-corrected chi connectivity index (χ0v) is 16.2. The second-order valence-corrected chi connectivity index (χ2v) is 6.68. The van der Waals surface area contributed by atoms with Crippen molar-refractivity contribution in [1.82, 2.24) is 16.0 Å². The first-order valence-electron chi connectivity index (χ1n) is 8.59. The van der Waals surface area contributed by atoms with Crippen LogP contribution in [0.4, 0.5) is 0 Å². The van der Waals surface area contributed by atoms with E-state index in [1.165, 1.54) is 6.92 Å². The zero-order chi connectivity index (χ0) is 22.9. The number of nitrogens with two attached hydrogens (primary N) is 1. The molecule has 0 aliphatic carbocycles. The van der Waals surface area contributed by atoms with Crippen molar-refractivity contribution in [3.8, 4) is 0 Å². The first-order chi connectivity index (χ1) is 13.3. The monoisotopic (exact) mass is 418 g/mol. The summed E-state index contributed by atoms with van der Waals surface area (Å²) in [4.78, 5) is 69.4. The molecule has 4 unspecified atom stereocenters. The van der Waals surface area contributed by atoms with Gasteiger partial charge in [0.1, 0.15) is 18.1 Å². The van der Waals surface area contributed by atoms with Gasteiger partial charge < -0.3 is 37.0 Å². The molecule has 0 bridgehead atoms. The molecule has 0 fully saturated rings. The number of rotatable bonds is 12. The Balaban J connectivity index is 5.43. The lowest BCUT2D eigenvalue weighted by atomic mass is 10.0. The fourth-order valence-corrected chi connectivity index (χ4v) is 2.11. The topological polar surface area (TPSA) is 225 Å². The van der Waals surface area contributed by atoms with Crippen LogP contribution in [-0.4, -0.2) is 75.1 Å². The Hall–Kier alpha value is -3.22. The Morgan fingerprint density at radius 1 is 0.724 bits per heavy atom. The molecule has 0 aromatic heterocycles. The number of nitrogens with one attached hydrogen (secondary N) is 3. The van der Waals surface area contributed by atoms with Gasteiger partial charge in [0.25, 0.3) is 0 Å². The highest BCUT2D eigenvalue weighted by Crippen LogP contribution is 2.05. The number of carbonyl (C=O) groups excluding carboxylic acids is 3. The number of carbonyl (C=O) groups is 6. The number of carboxylic acids is 3. The molecule has 0 saturated heterocycles. The van der Waals surface area contributed by atoms with Crippen LogP contribution in [0.3, 0.4) is 0 Å². The van der Waals surface area contributed by atoms with Crippen molar-refractivity contribution in [2.45, 2.75) is 57.8 Å². The number of amides is 3. The highest BCUT2D eigenvalue weighted by molar-refractivity contribution is 5.96. The van der Waals surface area contributed by atoms with Crippen LogP contribution in [0.25, 0.3) is 0 Å². The van der Waals surface area contributed by atoms with Crippen molar-refractivity contribution in [3.05, 3.63) is 0 Å². The SMILES string of the molecule is CC(N)C(=O)NC(C(=O)NC(CC(=O)O)C(=O)NC(CC(=O)O)C(=O)O)C(C)C. The normalized spacial score (nSPS) is 14.8. The molecule has 13 heteroatoms. The highest BCUT2D eigenvalue weighted by Gasteiger charge is 2.32. The summed E-state index contributed by atoms with van der Waals surface area (Å²) in [6, 6.07) is -5.60. The lowest BCUT2D eigenvalue weighted by Gasteiger charge is -2.26. The van der Waals surface area contributed by atoms with Crippen molar-refractivity contribution in [3.63, 3.8) is 0 Å². The summed E-state index contributed by atoms with van der Waals surface area (Å²) in [5.41, 5.74) is 5.43. The third kappa shape index (κ3) is 9.51. The number of hydrogen-bond acceptors (Lipinski definition) is 7. The first-order valence-corrected chi connectivity index (χ1v) is 8.59. The number of carboxylic acid groups (broad SMARTS) is 3. The Kier molecular flexibility index (Phi) is 10.3. The molecule has 8 N–H and O–H groups in total. The fraction of sp³-hybridized carbons (Fsp3) is 0.625. The summed E-state index contributed by atoms with van der Waals surface area (Å²) in [7, 11) is 0. The Morgan fingerprint density at radius 3 is 1.55 bits per heavy atom. The average molecular weight is 418 g/mol. The van der Waals surface area contributed by atoms with E-state index in [1.54, 1.807) is 13.8 Å². The summed E-state index contributed by atoms with van der Waals surface area (Å²) in [6.07, 6.45) is -1.85. The van der Waals surface area contributed by atoms with Crippen LogP contribution in [0, 0.1) is 5.92 Å². The van der Waals surface area contributed by atoms with E-state index in [0.29, 0.717) is 0 Å². The molecule has 0 heterocycles. The van der Waals surface area contributed by atoms with Gasteiger partial charge in [-0.15, -0.1) is 0 Å². The fourth-order valence-electron chi connectivity index (χ4n) is 2.11. The van der Waals surface area contributed by atoms with E-state index >= 15 is 0 Å². The molecule has 0 spiro atoms. The summed E-state index contributed by atoms with van der Waals surface area (Å²) < 4.78 is 0. The molecule has 0 aliphatic rings. The van der Waals surface area contributed by atoms with Gasteiger partial charge in [-0.3, -0.25) is 24.0 Å². The van der Waals surface area contributed by atoms with Crippen LogP contribution in [-0.2, 0) is 28.8 Å². The Morgan fingerprint density at radius 2 is 1.17 bits per heavy atom. The summed E-state index contributed by atoms with van der Waals surface area (Å²) >= 11 is 0. The molecule has 0 rings (SSSR count). The smallest absolute Gasteiger partial charge is 0.326 e. The molecule has 0 radical (unpaired) electrons. The number of hydrogen-bond donors (Lipinski definition) is 7. The van der Waals surface area contributed by atoms with Gasteiger partial charge in [-0.2, -0.15) is 0 Å². The van der Waals surface area contributed by atoms with E-state index in [0.717, 1.165) is 0 Å². The Labute approximate surface area is 166 Å². The molecular formula is C16H26N4O9. The first kappa shape index (κ1) is 25.8. The molecule has 164 valence electrons. The van der Waals surface area contributed by atoms with Crippen LogP contribution in [0.15, 0.2) is 0 Å². The third-order valence-corrected chi connectivity index (χ3v) is 3.67. The summed E-state index contributed by atoms with van der Waals surface area (Å²) in [6.45, 7) is 4.57. The standard InChI is InChI=1S/C16H26N4O9/c1-6(2)12(20-13(25)7(3)17)15(27)18-8(4-10(21)22)14(26)19-9(16(28)29)5-11(23)24/h6-9,12H,4-5,17H2,1-3H3,(H,18,27)(H,19,26)(H,20,25)(H,21,22)(H,23,24)(H,28,29). The van der Waals surface area contributed by atoms with E-state index in [9.17, 15) is 28.8 Å². The van der Waals surface area contributed by atoms with Gasteiger partial charge in [0, 0.05) is 0 Å². The van der Waals surface area contributed by atoms with Crippen LogP contribution in [0.2, 0.25) is 0 Å². The maximum absolute atomic E-state index is 12.5. The second kappa shape index (κ2) is 11.6.